The molecule has 6 rings (SSSR count). The summed E-state index contributed by atoms with van der Waals surface area (Å²) >= 11 is 6.20. The van der Waals surface area contributed by atoms with Crippen LogP contribution in [-0.2, 0) is 17.8 Å². The fourth-order valence-corrected chi connectivity index (χ4v) is 6.71. The Kier molecular flexibility index (Phi) is 10.1. The minimum atomic E-state index is -1.91. The number of nitrogens with one attached hydrogen (secondary N) is 2. The van der Waals surface area contributed by atoms with Gasteiger partial charge < -0.3 is 40.5 Å². The summed E-state index contributed by atoms with van der Waals surface area (Å²) in [7, 11) is -1.90. The highest BCUT2D eigenvalue weighted by Gasteiger charge is 2.43. The topological polar surface area (TPSA) is 218 Å². The van der Waals surface area contributed by atoms with Crippen LogP contribution in [0.2, 0.25) is 5.02 Å². The third-order valence-electron chi connectivity index (χ3n) is 9.10. The van der Waals surface area contributed by atoms with Crippen molar-refractivity contribution in [3.63, 3.8) is 0 Å². The summed E-state index contributed by atoms with van der Waals surface area (Å²) in [5, 5.41) is 44.3. The van der Waals surface area contributed by atoms with Gasteiger partial charge in [0.1, 0.15) is 29.5 Å². The van der Waals surface area contributed by atoms with Crippen LogP contribution >= 0.6 is 11.6 Å². The number of carbonyl (C=O) groups excluding carboxylic acids is 3. The summed E-state index contributed by atoms with van der Waals surface area (Å²) in [6, 6.07) is 0.769. The third kappa shape index (κ3) is 7.17. The van der Waals surface area contributed by atoms with Gasteiger partial charge in [-0.2, -0.15) is 0 Å². The average molecular weight is 730 g/mol. The number of phenolic OH excluding ortho intramolecular Hbond substituents is 2. The first-order valence-corrected chi connectivity index (χ1v) is 16.2. The molecule has 5 amide bonds. The van der Waals surface area contributed by atoms with E-state index in [1.54, 1.807) is 11.1 Å². The molecule has 0 radical (unpaired) electrons. The van der Waals surface area contributed by atoms with Crippen molar-refractivity contribution in [3.8, 4) is 17.2 Å². The van der Waals surface area contributed by atoms with Gasteiger partial charge in [0, 0.05) is 50.5 Å². The Bertz CT molecular complexity index is 1870. The molecule has 1 aromatic heterocycles. The number of rotatable bonds is 8. The number of aromatic hydroxyl groups is 2. The number of hydrogen-bond donors (Lipinski definition) is 6. The van der Waals surface area contributed by atoms with Crippen molar-refractivity contribution in [2.24, 2.45) is 0 Å². The van der Waals surface area contributed by atoms with Crippen molar-refractivity contribution >= 4 is 42.7 Å². The van der Waals surface area contributed by atoms with Gasteiger partial charge in [-0.25, -0.2) is 38.0 Å². The van der Waals surface area contributed by atoms with Gasteiger partial charge in [0.05, 0.1) is 16.7 Å². The molecular formula is C31H31BClF2N7O9. The second kappa shape index (κ2) is 14.5. The van der Waals surface area contributed by atoms with E-state index in [1.165, 1.54) is 12.4 Å². The Morgan fingerprint density at radius 3 is 2.51 bits per heavy atom. The van der Waals surface area contributed by atoms with Crippen molar-refractivity contribution in [2.75, 3.05) is 26.2 Å². The molecule has 6 N–H and O–H groups in total. The molecule has 2 aromatic carbocycles. The predicted octanol–water partition coefficient (Wildman–Crippen LogP) is 1.81. The number of hydrogen-bond acceptors (Lipinski definition) is 11. The minimum absolute atomic E-state index is 0.0441. The second-order valence-electron chi connectivity index (χ2n) is 12.2. The molecule has 268 valence electrons. The number of likely N-dealkylation sites (tertiary alicyclic amines) is 1. The van der Waals surface area contributed by atoms with Crippen LogP contribution in [0.3, 0.4) is 0 Å². The molecular weight excluding hydrogens is 699 g/mol. The average Bonchev–Trinajstić information content (AvgIpc) is 3.50. The number of carboxylic acid groups (broad SMARTS) is 1. The molecule has 0 spiro atoms. The molecule has 2 atom stereocenters. The molecule has 0 saturated carbocycles. The van der Waals surface area contributed by atoms with Gasteiger partial charge in [-0.15, -0.1) is 0 Å². The van der Waals surface area contributed by atoms with Crippen LogP contribution in [0.5, 0.6) is 17.2 Å². The SMILES string of the molecule is O=C(O)c1c(F)ccc2c1OB(O)C(NC(=O)C(NC(=O)N1CCN(C3CCN(Cc4ccncn4)CC3)C1=O)c1cc(F)c(O)c(O)c1Cl)C2. The zero-order valence-corrected chi connectivity index (χ0v) is 27.4. The zero-order valence-electron chi connectivity index (χ0n) is 26.6. The van der Waals surface area contributed by atoms with Gasteiger partial charge in [0.25, 0.3) is 0 Å². The summed E-state index contributed by atoms with van der Waals surface area (Å²) in [6.07, 6.45) is 4.14. The maximum Gasteiger partial charge on any atom is 0.547 e. The number of aromatic nitrogens is 2. The molecule has 20 heteroatoms. The summed E-state index contributed by atoms with van der Waals surface area (Å²) in [4.78, 5) is 65.2. The van der Waals surface area contributed by atoms with Gasteiger partial charge in [-0.1, -0.05) is 17.7 Å². The first kappa shape index (κ1) is 35.6. The highest BCUT2D eigenvalue weighted by atomic mass is 35.5. The van der Waals surface area contributed by atoms with E-state index in [-0.39, 0.29) is 31.1 Å². The van der Waals surface area contributed by atoms with E-state index in [0.29, 0.717) is 38.5 Å². The van der Waals surface area contributed by atoms with E-state index in [1.807, 2.05) is 6.07 Å². The van der Waals surface area contributed by atoms with E-state index in [2.05, 4.69) is 25.5 Å². The van der Waals surface area contributed by atoms with Crippen LogP contribution in [0.4, 0.5) is 18.4 Å². The molecule has 51 heavy (non-hydrogen) atoms. The smallest absolute Gasteiger partial charge is 0.534 e. The number of carbonyl (C=O) groups is 4. The minimum Gasteiger partial charge on any atom is -0.534 e. The quantitative estimate of drug-likeness (QED) is 0.145. The maximum atomic E-state index is 14.6. The van der Waals surface area contributed by atoms with E-state index in [4.69, 9.17) is 16.3 Å². The number of halogens is 3. The van der Waals surface area contributed by atoms with Crippen LogP contribution in [0, 0.1) is 11.6 Å². The van der Waals surface area contributed by atoms with Crippen molar-refractivity contribution in [1.82, 2.24) is 35.3 Å². The van der Waals surface area contributed by atoms with Crippen LogP contribution in [0.15, 0.2) is 36.8 Å². The number of aromatic carboxylic acids is 1. The van der Waals surface area contributed by atoms with Gasteiger partial charge in [-0.3, -0.25) is 9.69 Å². The lowest BCUT2D eigenvalue weighted by atomic mass is 9.72. The number of amides is 5. The Labute approximate surface area is 293 Å². The molecule has 2 fully saturated rings. The Morgan fingerprint density at radius 2 is 1.82 bits per heavy atom. The largest absolute Gasteiger partial charge is 0.547 e. The molecule has 2 saturated heterocycles. The fourth-order valence-electron chi connectivity index (χ4n) is 6.45. The number of carboxylic acids is 1. The van der Waals surface area contributed by atoms with Crippen molar-refractivity contribution in [2.45, 2.75) is 43.8 Å². The lowest BCUT2D eigenvalue weighted by molar-refractivity contribution is -0.123. The molecule has 3 aliphatic rings. The van der Waals surface area contributed by atoms with Crippen LogP contribution in [0.1, 0.15) is 46.1 Å². The molecule has 2 unspecified atom stereocenters. The number of piperidine rings is 1. The molecule has 16 nitrogen and oxygen atoms in total. The van der Waals surface area contributed by atoms with Crippen LogP contribution in [-0.4, -0.2) is 114 Å². The lowest BCUT2D eigenvalue weighted by Gasteiger charge is -2.36. The summed E-state index contributed by atoms with van der Waals surface area (Å²) in [5.74, 6) is -9.34. The number of urea groups is 2. The number of imide groups is 1. The molecule has 4 heterocycles. The third-order valence-corrected chi connectivity index (χ3v) is 9.50. The van der Waals surface area contributed by atoms with Crippen LogP contribution < -0.4 is 15.3 Å². The zero-order chi connectivity index (χ0) is 36.6. The molecule has 0 bridgehead atoms. The Hall–Kier alpha value is -5.27. The fraction of sp³-hybridized carbons (Fsp3) is 0.355. The maximum absolute atomic E-state index is 14.6. The Balaban J connectivity index is 1.17. The Morgan fingerprint density at radius 1 is 1.08 bits per heavy atom. The monoisotopic (exact) mass is 729 g/mol. The number of benzene rings is 2. The van der Waals surface area contributed by atoms with Crippen molar-refractivity contribution in [1.29, 1.82) is 0 Å². The summed E-state index contributed by atoms with van der Waals surface area (Å²) in [5.41, 5.74) is -0.335. The van der Waals surface area contributed by atoms with E-state index >= 15 is 0 Å². The van der Waals surface area contributed by atoms with Gasteiger partial charge >= 0.3 is 25.1 Å². The van der Waals surface area contributed by atoms with Crippen LogP contribution in [0.25, 0.3) is 0 Å². The second-order valence-corrected chi connectivity index (χ2v) is 12.6. The van der Waals surface area contributed by atoms with Gasteiger partial charge in [-0.05, 0) is 43.0 Å². The van der Waals surface area contributed by atoms with Crippen molar-refractivity contribution < 1.29 is 53.0 Å². The number of phenols is 2. The normalized spacial score (nSPS) is 18.6. The predicted molar refractivity (Wildman–Crippen MR) is 173 cm³/mol. The highest BCUT2D eigenvalue weighted by Crippen LogP contribution is 2.41. The summed E-state index contributed by atoms with van der Waals surface area (Å²) in [6.45, 7) is 2.14. The highest BCUT2D eigenvalue weighted by molar-refractivity contribution is 6.47. The van der Waals surface area contributed by atoms with E-state index in [9.17, 15) is 48.3 Å². The molecule has 0 aliphatic carbocycles. The van der Waals surface area contributed by atoms with Gasteiger partial charge in [0.2, 0.25) is 5.91 Å². The van der Waals surface area contributed by atoms with Gasteiger partial charge in [0.15, 0.2) is 17.3 Å². The van der Waals surface area contributed by atoms with E-state index < -0.39 is 88.1 Å². The molecule has 3 aromatic rings. The standard InChI is InChI=1S/C31H31BClF2N7O9/c33-23-18(12-20(35)25(43)26(23)44)24(28(45)38-21-11-15-1-2-19(34)22(29(46)47)27(15)51-32(21)50)39-30(48)42-10-9-41(31(42)49)17-4-7-40(8-5-17)13-16-3-6-36-14-37-16/h1-3,6,12,14,17,21,24,43-44,50H,4-5,7-11,13H2,(H,38,45)(H,39,48)(H,46,47). The first-order valence-electron chi connectivity index (χ1n) is 15.8. The first-order chi connectivity index (χ1) is 24.3. The summed E-state index contributed by atoms with van der Waals surface area (Å²) < 4.78 is 34.1. The number of nitrogens with zero attached hydrogens (tertiary/aromatic N) is 5. The number of fused-ring (bicyclic) bond motifs is 1. The van der Waals surface area contributed by atoms with E-state index in [0.717, 1.165) is 16.7 Å². The lowest BCUT2D eigenvalue weighted by Crippen LogP contribution is -2.56. The molecule has 3 aliphatic heterocycles. The van der Waals surface area contributed by atoms with Crippen molar-refractivity contribution in [3.05, 3.63) is 75.8 Å².